The molecule has 132 valence electrons. The van der Waals surface area contributed by atoms with Crippen LogP contribution in [0.15, 0.2) is 24.3 Å². The Balaban J connectivity index is 1.44. The van der Waals surface area contributed by atoms with E-state index in [0.29, 0.717) is 17.8 Å². The van der Waals surface area contributed by atoms with Gasteiger partial charge in [-0.25, -0.2) is 14.4 Å². The van der Waals surface area contributed by atoms with Gasteiger partial charge >= 0.3 is 0 Å². The summed E-state index contributed by atoms with van der Waals surface area (Å²) in [6.45, 7) is 6.65. The van der Waals surface area contributed by atoms with Crippen molar-refractivity contribution in [2.45, 2.75) is 38.9 Å². The number of piperidine rings is 1. The van der Waals surface area contributed by atoms with Gasteiger partial charge in [-0.3, -0.25) is 4.90 Å². The van der Waals surface area contributed by atoms with Gasteiger partial charge in [0.25, 0.3) is 0 Å². The van der Waals surface area contributed by atoms with Gasteiger partial charge in [0, 0.05) is 43.1 Å². The molecule has 3 fully saturated rings. The Kier molecular flexibility index (Phi) is 4.07. The molecule has 0 amide bonds. The second-order valence-corrected chi connectivity index (χ2v) is 7.04. The van der Waals surface area contributed by atoms with E-state index in [0.717, 1.165) is 42.5 Å². The van der Waals surface area contributed by atoms with Crippen LogP contribution in [0.25, 0.3) is 0 Å². The van der Waals surface area contributed by atoms with Crippen molar-refractivity contribution in [1.82, 2.24) is 14.9 Å². The maximum Gasteiger partial charge on any atom is 0.225 e. The summed E-state index contributed by atoms with van der Waals surface area (Å²) < 4.78 is 18.9. The van der Waals surface area contributed by atoms with Crippen molar-refractivity contribution in [2.24, 2.45) is 0 Å². The van der Waals surface area contributed by atoms with E-state index in [1.807, 2.05) is 26.0 Å². The fourth-order valence-electron chi connectivity index (χ4n) is 3.98. The SMILES string of the molecule is COc1ccc(CN2C3CC2CN(c2nc(C)cc(C)n2)C3)cc1F. The van der Waals surface area contributed by atoms with E-state index >= 15 is 0 Å². The number of aromatic nitrogens is 2. The van der Waals surface area contributed by atoms with E-state index < -0.39 is 0 Å². The fraction of sp³-hybridized carbons (Fsp3) is 0.474. The van der Waals surface area contributed by atoms with Crippen molar-refractivity contribution in [3.63, 3.8) is 0 Å². The van der Waals surface area contributed by atoms with Gasteiger partial charge in [-0.2, -0.15) is 0 Å². The predicted molar refractivity (Wildman–Crippen MR) is 94.4 cm³/mol. The number of ether oxygens (including phenoxy) is 1. The van der Waals surface area contributed by atoms with Gasteiger partial charge < -0.3 is 9.64 Å². The Morgan fingerprint density at radius 1 is 1.12 bits per heavy atom. The van der Waals surface area contributed by atoms with Crippen LogP contribution in [0.3, 0.4) is 0 Å². The zero-order valence-corrected chi connectivity index (χ0v) is 14.9. The molecule has 6 heteroatoms. The van der Waals surface area contributed by atoms with Crippen molar-refractivity contribution in [3.05, 3.63) is 47.0 Å². The molecule has 2 atom stereocenters. The summed E-state index contributed by atoms with van der Waals surface area (Å²) >= 11 is 0. The number of anilines is 1. The number of methoxy groups -OCH3 is 1. The van der Waals surface area contributed by atoms with Crippen molar-refractivity contribution >= 4 is 5.95 Å². The molecular weight excluding hydrogens is 319 g/mol. The standard InChI is InChI=1S/C19H23FN4O/c1-12-6-13(2)22-19(21-12)23-10-15-8-16(11-23)24(15)9-14-4-5-18(25-3)17(20)7-14/h4-7,15-16H,8-11H2,1-3H3. The topological polar surface area (TPSA) is 41.5 Å². The van der Waals surface area contributed by atoms with Crippen molar-refractivity contribution in [2.75, 3.05) is 25.1 Å². The quantitative estimate of drug-likeness (QED) is 0.855. The van der Waals surface area contributed by atoms with Gasteiger partial charge in [-0.15, -0.1) is 0 Å². The van der Waals surface area contributed by atoms with E-state index in [2.05, 4.69) is 19.8 Å². The Hall–Kier alpha value is -2.21. The molecule has 0 radical (unpaired) electrons. The molecular formula is C19H23FN4O. The molecule has 1 aromatic carbocycles. The van der Waals surface area contributed by atoms with Gasteiger partial charge in [0.2, 0.25) is 5.95 Å². The fourth-order valence-corrected chi connectivity index (χ4v) is 3.98. The molecule has 25 heavy (non-hydrogen) atoms. The van der Waals surface area contributed by atoms with E-state index in [4.69, 9.17) is 4.74 Å². The van der Waals surface area contributed by atoms with Gasteiger partial charge in [0.05, 0.1) is 7.11 Å². The molecule has 2 aromatic rings. The third kappa shape index (κ3) is 3.06. The second-order valence-electron chi connectivity index (χ2n) is 7.04. The van der Waals surface area contributed by atoms with Crippen LogP contribution in [0.2, 0.25) is 0 Å². The number of nitrogens with zero attached hydrogens (tertiary/aromatic N) is 4. The van der Waals surface area contributed by atoms with Gasteiger partial charge in [0.1, 0.15) is 0 Å². The number of fused-ring (bicyclic) bond motifs is 2. The van der Waals surface area contributed by atoms with Crippen LogP contribution in [0.4, 0.5) is 10.3 Å². The predicted octanol–water partition coefficient (Wildman–Crippen LogP) is 2.70. The van der Waals surface area contributed by atoms with Crippen molar-refractivity contribution in [1.29, 1.82) is 0 Å². The number of rotatable bonds is 4. The lowest BCUT2D eigenvalue weighted by molar-refractivity contribution is -0.00904. The molecule has 3 saturated heterocycles. The largest absolute Gasteiger partial charge is 0.494 e. The zero-order chi connectivity index (χ0) is 17.6. The first-order valence-corrected chi connectivity index (χ1v) is 8.69. The molecule has 0 aliphatic carbocycles. The summed E-state index contributed by atoms with van der Waals surface area (Å²) in [6.07, 6.45) is 1.19. The highest BCUT2D eigenvalue weighted by Gasteiger charge is 2.45. The second kappa shape index (κ2) is 6.26. The lowest BCUT2D eigenvalue weighted by atomic mass is 9.87. The number of benzene rings is 1. The average Bonchev–Trinajstić information content (AvgIpc) is 2.59. The molecule has 0 saturated carbocycles. The number of hydrogen-bond donors (Lipinski definition) is 0. The summed E-state index contributed by atoms with van der Waals surface area (Å²) in [5.74, 6) is 0.837. The molecule has 3 aliphatic rings. The molecule has 1 aromatic heterocycles. The minimum absolute atomic E-state index is 0.295. The van der Waals surface area contributed by atoms with E-state index in [1.54, 1.807) is 12.1 Å². The summed E-state index contributed by atoms with van der Waals surface area (Å²) in [5.41, 5.74) is 3.00. The molecule has 2 bridgehead atoms. The molecule has 0 N–H and O–H groups in total. The van der Waals surface area contributed by atoms with Crippen LogP contribution < -0.4 is 9.64 Å². The van der Waals surface area contributed by atoms with Gasteiger partial charge in [0.15, 0.2) is 11.6 Å². The highest BCUT2D eigenvalue weighted by Crippen LogP contribution is 2.35. The summed E-state index contributed by atoms with van der Waals surface area (Å²) in [4.78, 5) is 13.9. The number of piperazine rings is 1. The zero-order valence-electron chi connectivity index (χ0n) is 14.9. The van der Waals surface area contributed by atoms with Crippen LogP contribution in [0, 0.1) is 19.7 Å². The third-order valence-electron chi connectivity index (χ3n) is 5.18. The molecule has 5 rings (SSSR count). The van der Waals surface area contributed by atoms with Crippen LogP contribution >= 0.6 is 0 Å². The maximum absolute atomic E-state index is 13.9. The number of aryl methyl sites for hydroxylation is 2. The molecule has 0 spiro atoms. The van der Waals surface area contributed by atoms with E-state index in [9.17, 15) is 4.39 Å². The first-order valence-electron chi connectivity index (χ1n) is 8.69. The van der Waals surface area contributed by atoms with Gasteiger partial charge in [-0.05, 0) is 44.0 Å². The lowest BCUT2D eigenvalue weighted by Gasteiger charge is -2.56. The normalized spacial score (nSPS) is 22.6. The van der Waals surface area contributed by atoms with Gasteiger partial charge in [-0.1, -0.05) is 6.07 Å². The lowest BCUT2D eigenvalue weighted by Crippen LogP contribution is -2.68. The third-order valence-corrected chi connectivity index (χ3v) is 5.18. The minimum atomic E-state index is -0.295. The smallest absolute Gasteiger partial charge is 0.225 e. The number of halogens is 1. The van der Waals surface area contributed by atoms with Crippen LogP contribution in [-0.4, -0.2) is 47.2 Å². The number of hydrogen-bond acceptors (Lipinski definition) is 5. The highest BCUT2D eigenvalue weighted by molar-refractivity contribution is 5.36. The Labute approximate surface area is 147 Å². The molecule has 4 heterocycles. The Morgan fingerprint density at radius 2 is 1.80 bits per heavy atom. The minimum Gasteiger partial charge on any atom is -0.494 e. The van der Waals surface area contributed by atoms with Crippen LogP contribution in [0.5, 0.6) is 5.75 Å². The van der Waals surface area contributed by atoms with E-state index in [1.165, 1.54) is 13.5 Å². The molecule has 5 nitrogen and oxygen atoms in total. The monoisotopic (exact) mass is 342 g/mol. The van der Waals surface area contributed by atoms with Crippen LogP contribution in [-0.2, 0) is 6.54 Å². The van der Waals surface area contributed by atoms with Crippen molar-refractivity contribution < 1.29 is 9.13 Å². The first kappa shape index (κ1) is 16.3. The molecule has 3 aliphatic heterocycles. The highest BCUT2D eigenvalue weighted by atomic mass is 19.1. The molecule has 2 unspecified atom stereocenters. The van der Waals surface area contributed by atoms with Crippen LogP contribution in [0.1, 0.15) is 23.4 Å². The Morgan fingerprint density at radius 3 is 2.40 bits per heavy atom. The maximum atomic E-state index is 13.9. The van der Waals surface area contributed by atoms with Crippen molar-refractivity contribution in [3.8, 4) is 5.75 Å². The average molecular weight is 342 g/mol. The Bertz CT molecular complexity index is 765. The summed E-state index contributed by atoms with van der Waals surface area (Å²) in [7, 11) is 1.49. The summed E-state index contributed by atoms with van der Waals surface area (Å²) in [5, 5.41) is 0. The summed E-state index contributed by atoms with van der Waals surface area (Å²) in [6, 6.07) is 8.19. The first-order chi connectivity index (χ1) is 12.0. The van der Waals surface area contributed by atoms with E-state index in [-0.39, 0.29) is 5.82 Å².